The van der Waals surface area contributed by atoms with Gasteiger partial charge in [0.2, 0.25) is 0 Å². The van der Waals surface area contributed by atoms with Gasteiger partial charge in [-0.3, -0.25) is 9.69 Å². The van der Waals surface area contributed by atoms with E-state index in [2.05, 4.69) is 49.1 Å². The first-order valence-corrected chi connectivity index (χ1v) is 9.91. The number of ether oxygens (including phenoxy) is 1. The van der Waals surface area contributed by atoms with Gasteiger partial charge in [0.1, 0.15) is 5.75 Å². The van der Waals surface area contributed by atoms with E-state index in [0.717, 1.165) is 25.4 Å². The maximum atomic E-state index is 11.0. The van der Waals surface area contributed by atoms with Crippen LogP contribution in [-0.4, -0.2) is 55.3 Å². The van der Waals surface area contributed by atoms with Crippen LogP contribution in [0.25, 0.3) is 0 Å². The molecule has 1 unspecified atom stereocenters. The molecule has 1 atom stereocenters. The molecular formula is C21H26N2O3S. The fraction of sp³-hybridized carbons (Fsp3) is 0.381. The smallest absolute Gasteiger partial charge is 0.317 e. The Morgan fingerprint density at radius 2 is 1.96 bits per heavy atom. The fourth-order valence-corrected chi connectivity index (χ4v) is 4.31. The Morgan fingerprint density at radius 1 is 1.22 bits per heavy atom. The molecule has 27 heavy (non-hydrogen) atoms. The Kier molecular flexibility index (Phi) is 6.29. The predicted molar refractivity (Wildman–Crippen MR) is 109 cm³/mol. The van der Waals surface area contributed by atoms with Gasteiger partial charge < -0.3 is 14.7 Å². The van der Waals surface area contributed by atoms with E-state index in [9.17, 15) is 4.79 Å². The molecule has 0 aliphatic carbocycles. The van der Waals surface area contributed by atoms with Crippen LogP contribution in [0.1, 0.15) is 12.5 Å². The van der Waals surface area contributed by atoms with Gasteiger partial charge in [0.05, 0.1) is 19.3 Å². The third kappa shape index (κ3) is 4.96. The first-order valence-electron chi connectivity index (χ1n) is 9.09. The summed E-state index contributed by atoms with van der Waals surface area (Å²) in [5.41, 5.74) is 2.45. The molecule has 1 saturated heterocycles. The van der Waals surface area contributed by atoms with Crippen molar-refractivity contribution in [1.29, 1.82) is 0 Å². The summed E-state index contributed by atoms with van der Waals surface area (Å²) >= 11 is 1.74. The molecule has 0 radical (unpaired) electrons. The maximum absolute atomic E-state index is 11.0. The summed E-state index contributed by atoms with van der Waals surface area (Å²) in [6.07, 6.45) is 0. The molecule has 5 nitrogen and oxygen atoms in total. The topological polar surface area (TPSA) is 53.0 Å². The van der Waals surface area contributed by atoms with E-state index in [-0.39, 0.29) is 12.6 Å². The standard InChI is InChI=1S/C21H26N2O3S/c1-15-4-9-20(27-18-7-5-17(26-3)6-8-18)19(12-15)23-11-10-22(14-21(24)25)16(2)13-23/h4-9,12,16H,10-11,13-14H2,1-3H3,(H,24,25). The van der Waals surface area contributed by atoms with Crippen molar-refractivity contribution in [3.05, 3.63) is 48.0 Å². The molecule has 144 valence electrons. The predicted octanol–water partition coefficient (Wildman–Crippen LogP) is 3.75. The second kappa shape index (κ2) is 8.67. The average Bonchev–Trinajstić information content (AvgIpc) is 2.65. The lowest BCUT2D eigenvalue weighted by molar-refractivity contribution is -0.138. The zero-order valence-corrected chi connectivity index (χ0v) is 16.8. The number of carbonyl (C=O) groups is 1. The molecule has 2 aromatic carbocycles. The molecule has 1 aliphatic rings. The van der Waals surface area contributed by atoms with Crippen molar-refractivity contribution in [1.82, 2.24) is 4.90 Å². The Hall–Kier alpha value is -2.18. The molecule has 0 bridgehead atoms. The average molecular weight is 387 g/mol. The number of aliphatic carboxylic acids is 1. The molecule has 1 aliphatic heterocycles. The van der Waals surface area contributed by atoms with E-state index in [4.69, 9.17) is 9.84 Å². The monoisotopic (exact) mass is 386 g/mol. The minimum absolute atomic E-state index is 0.107. The number of piperazine rings is 1. The van der Waals surface area contributed by atoms with Crippen molar-refractivity contribution in [2.45, 2.75) is 29.7 Å². The molecule has 0 saturated carbocycles. The molecular weight excluding hydrogens is 360 g/mol. The minimum atomic E-state index is -0.762. The van der Waals surface area contributed by atoms with Crippen molar-refractivity contribution in [3.8, 4) is 5.75 Å². The number of hydrogen-bond acceptors (Lipinski definition) is 5. The van der Waals surface area contributed by atoms with E-state index in [1.54, 1.807) is 18.9 Å². The van der Waals surface area contributed by atoms with Gasteiger partial charge in [-0.2, -0.15) is 0 Å². The summed E-state index contributed by atoms with van der Waals surface area (Å²) in [5, 5.41) is 9.08. The van der Waals surface area contributed by atoms with Gasteiger partial charge >= 0.3 is 5.97 Å². The third-order valence-electron chi connectivity index (χ3n) is 4.85. The van der Waals surface area contributed by atoms with Gasteiger partial charge in [-0.25, -0.2) is 0 Å². The van der Waals surface area contributed by atoms with Crippen LogP contribution in [0.5, 0.6) is 5.75 Å². The first kappa shape index (κ1) is 19.6. The molecule has 0 spiro atoms. The molecule has 2 aromatic rings. The van der Waals surface area contributed by atoms with Crippen LogP contribution < -0.4 is 9.64 Å². The van der Waals surface area contributed by atoms with Crippen LogP contribution in [0.3, 0.4) is 0 Å². The highest BCUT2D eigenvalue weighted by Crippen LogP contribution is 2.37. The van der Waals surface area contributed by atoms with Crippen LogP contribution >= 0.6 is 11.8 Å². The molecule has 1 N–H and O–H groups in total. The Morgan fingerprint density at radius 3 is 2.59 bits per heavy atom. The van der Waals surface area contributed by atoms with Gasteiger partial charge in [-0.05, 0) is 55.8 Å². The second-order valence-corrected chi connectivity index (χ2v) is 8.02. The lowest BCUT2D eigenvalue weighted by Gasteiger charge is -2.41. The zero-order chi connectivity index (χ0) is 19.4. The van der Waals surface area contributed by atoms with Crippen molar-refractivity contribution in [3.63, 3.8) is 0 Å². The van der Waals surface area contributed by atoms with Gasteiger partial charge in [0, 0.05) is 35.5 Å². The SMILES string of the molecule is COc1ccc(Sc2ccc(C)cc2N2CCN(CC(=O)O)C(C)C2)cc1. The molecule has 6 heteroatoms. The Labute approximate surface area is 164 Å². The quantitative estimate of drug-likeness (QED) is 0.816. The summed E-state index contributed by atoms with van der Waals surface area (Å²) in [5.74, 6) is 0.0912. The highest BCUT2D eigenvalue weighted by molar-refractivity contribution is 7.99. The van der Waals surface area contributed by atoms with E-state index in [0.29, 0.717) is 0 Å². The lowest BCUT2D eigenvalue weighted by Crippen LogP contribution is -2.53. The van der Waals surface area contributed by atoms with Gasteiger partial charge in [-0.1, -0.05) is 17.8 Å². The zero-order valence-electron chi connectivity index (χ0n) is 16.0. The summed E-state index contributed by atoms with van der Waals surface area (Å²) in [6.45, 7) is 6.73. The van der Waals surface area contributed by atoms with Crippen molar-refractivity contribution < 1.29 is 14.6 Å². The van der Waals surface area contributed by atoms with E-state index in [1.165, 1.54) is 21.0 Å². The van der Waals surface area contributed by atoms with Gasteiger partial charge in [0.15, 0.2) is 0 Å². The van der Waals surface area contributed by atoms with Crippen LogP contribution in [0.2, 0.25) is 0 Å². The number of carboxylic acids is 1. The fourth-order valence-electron chi connectivity index (χ4n) is 3.35. The van der Waals surface area contributed by atoms with Crippen molar-refractivity contribution in [2.24, 2.45) is 0 Å². The number of aryl methyl sites for hydroxylation is 1. The number of carboxylic acid groups (broad SMARTS) is 1. The van der Waals surface area contributed by atoms with E-state index >= 15 is 0 Å². The van der Waals surface area contributed by atoms with Crippen LogP contribution in [0, 0.1) is 6.92 Å². The molecule has 0 amide bonds. The Balaban J connectivity index is 1.79. The number of methoxy groups -OCH3 is 1. The summed E-state index contributed by atoms with van der Waals surface area (Å²) in [6, 6.07) is 14.8. The molecule has 0 aromatic heterocycles. The third-order valence-corrected chi connectivity index (χ3v) is 5.92. The molecule has 1 fully saturated rings. The normalized spacial score (nSPS) is 17.7. The summed E-state index contributed by atoms with van der Waals surface area (Å²) < 4.78 is 5.24. The van der Waals surface area contributed by atoms with Crippen LogP contribution in [0.15, 0.2) is 52.3 Å². The van der Waals surface area contributed by atoms with Crippen LogP contribution in [-0.2, 0) is 4.79 Å². The minimum Gasteiger partial charge on any atom is -0.497 e. The number of hydrogen-bond donors (Lipinski definition) is 1. The highest BCUT2D eigenvalue weighted by atomic mass is 32.2. The number of benzene rings is 2. The summed E-state index contributed by atoms with van der Waals surface area (Å²) in [4.78, 5) is 17.8. The maximum Gasteiger partial charge on any atom is 0.317 e. The number of anilines is 1. The largest absolute Gasteiger partial charge is 0.497 e. The second-order valence-electron chi connectivity index (χ2n) is 6.91. The highest BCUT2D eigenvalue weighted by Gasteiger charge is 2.26. The lowest BCUT2D eigenvalue weighted by atomic mass is 10.1. The number of nitrogens with zero attached hydrogens (tertiary/aromatic N) is 2. The van der Waals surface area contributed by atoms with Crippen molar-refractivity contribution >= 4 is 23.4 Å². The van der Waals surface area contributed by atoms with Gasteiger partial charge in [-0.15, -0.1) is 0 Å². The first-order chi connectivity index (χ1) is 13.0. The van der Waals surface area contributed by atoms with E-state index in [1.807, 2.05) is 17.0 Å². The Bertz CT molecular complexity index is 795. The molecule has 1 heterocycles. The van der Waals surface area contributed by atoms with Gasteiger partial charge in [0.25, 0.3) is 0 Å². The van der Waals surface area contributed by atoms with E-state index < -0.39 is 5.97 Å². The number of rotatable bonds is 6. The summed E-state index contributed by atoms with van der Waals surface area (Å²) in [7, 11) is 1.67. The van der Waals surface area contributed by atoms with Crippen molar-refractivity contribution in [2.75, 3.05) is 38.2 Å². The van der Waals surface area contributed by atoms with Crippen LogP contribution in [0.4, 0.5) is 5.69 Å². The molecule has 3 rings (SSSR count).